The third-order valence-corrected chi connectivity index (χ3v) is 8.63. The summed E-state index contributed by atoms with van der Waals surface area (Å²) in [6, 6.07) is 58.9. The number of nitrogens with zero attached hydrogens (tertiary/aromatic N) is 2. The van der Waals surface area contributed by atoms with Crippen LogP contribution in [0.5, 0.6) is 11.5 Å². The summed E-state index contributed by atoms with van der Waals surface area (Å²) in [5.74, 6) is 1.61. The number of hydrogen-bond acceptors (Lipinski definition) is 4. The highest BCUT2D eigenvalue weighted by Crippen LogP contribution is 2.52. The zero-order valence-corrected chi connectivity index (χ0v) is 24.9. The molecule has 0 amide bonds. The van der Waals surface area contributed by atoms with E-state index < -0.39 is 0 Å². The lowest BCUT2D eigenvalue weighted by Crippen LogP contribution is -2.16. The average molecular weight is 593 g/mol. The number of hydrogen-bond donors (Lipinski definition) is 0. The van der Waals surface area contributed by atoms with Gasteiger partial charge in [0, 0.05) is 39.6 Å². The van der Waals surface area contributed by atoms with Crippen molar-refractivity contribution in [1.82, 2.24) is 0 Å². The van der Waals surface area contributed by atoms with Crippen molar-refractivity contribution in [3.05, 3.63) is 170 Å². The molecule has 0 bridgehead atoms. The van der Waals surface area contributed by atoms with Gasteiger partial charge in [-0.15, -0.1) is 0 Å². The van der Waals surface area contributed by atoms with Gasteiger partial charge >= 0.3 is 0 Å². The van der Waals surface area contributed by atoms with E-state index in [4.69, 9.17) is 9.15 Å². The Kier molecular flexibility index (Phi) is 6.10. The van der Waals surface area contributed by atoms with Crippen molar-refractivity contribution >= 4 is 56.1 Å². The van der Waals surface area contributed by atoms with Crippen LogP contribution in [-0.4, -0.2) is 0 Å². The summed E-state index contributed by atoms with van der Waals surface area (Å²) in [6.45, 7) is 0. The van der Waals surface area contributed by atoms with Crippen LogP contribution in [-0.2, 0) is 0 Å². The highest BCUT2D eigenvalue weighted by Gasteiger charge is 2.27. The first-order valence-corrected chi connectivity index (χ1v) is 15.4. The maximum absolute atomic E-state index is 6.60. The van der Waals surface area contributed by atoms with Crippen molar-refractivity contribution in [2.24, 2.45) is 0 Å². The van der Waals surface area contributed by atoms with Crippen molar-refractivity contribution < 1.29 is 9.15 Å². The summed E-state index contributed by atoms with van der Waals surface area (Å²) in [4.78, 5) is 4.55. The summed E-state index contributed by atoms with van der Waals surface area (Å²) in [7, 11) is 0. The molecule has 7 aromatic carbocycles. The van der Waals surface area contributed by atoms with Crippen molar-refractivity contribution in [3.63, 3.8) is 0 Å². The van der Waals surface area contributed by atoms with Gasteiger partial charge < -0.3 is 19.0 Å². The van der Waals surface area contributed by atoms with Gasteiger partial charge in [0.2, 0.25) is 0 Å². The van der Waals surface area contributed by atoms with Gasteiger partial charge in [-0.05, 0) is 83.9 Å². The maximum Gasteiger partial charge on any atom is 0.153 e. The fraction of sp³-hybridized carbons (Fsp3) is 0. The van der Waals surface area contributed by atoms with Crippen LogP contribution in [0.4, 0.5) is 34.1 Å². The lowest BCUT2D eigenvalue weighted by atomic mass is 10.0. The quantitative estimate of drug-likeness (QED) is 0.199. The third kappa shape index (κ3) is 4.39. The number of benzene rings is 7. The molecule has 0 spiro atoms. The summed E-state index contributed by atoms with van der Waals surface area (Å²) in [5.41, 5.74) is 10.3. The van der Waals surface area contributed by atoms with Crippen LogP contribution in [0, 0.1) is 0 Å². The first-order valence-electron chi connectivity index (χ1n) is 15.4. The third-order valence-electron chi connectivity index (χ3n) is 8.63. The zero-order chi connectivity index (χ0) is 30.5. The second-order valence-corrected chi connectivity index (χ2v) is 11.4. The Bertz CT molecular complexity index is 2340. The molecular formula is C42H28N2O2. The predicted molar refractivity (Wildman–Crippen MR) is 189 cm³/mol. The Balaban J connectivity index is 1.21. The molecule has 1 aliphatic rings. The van der Waals surface area contributed by atoms with Crippen LogP contribution in [0.1, 0.15) is 0 Å². The minimum atomic E-state index is 0.792. The van der Waals surface area contributed by atoms with Crippen LogP contribution in [0.15, 0.2) is 174 Å². The number of anilines is 6. The predicted octanol–water partition coefficient (Wildman–Crippen LogP) is 12.3. The Labute approximate surface area is 267 Å². The van der Waals surface area contributed by atoms with Crippen LogP contribution < -0.4 is 14.5 Å². The van der Waals surface area contributed by atoms with Crippen molar-refractivity contribution in [2.75, 3.05) is 9.80 Å². The molecule has 1 aliphatic heterocycles. The molecule has 1 aromatic heterocycles. The highest BCUT2D eigenvalue weighted by molar-refractivity contribution is 6.06. The molecule has 0 saturated heterocycles. The lowest BCUT2D eigenvalue weighted by Gasteiger charge is -2.34. The molecule has 0 N–H and O–H groups in total. The molecule has 0 fully saturated rings. The highest BCUT2D eigenvalue weighted by atomic mass is 16.5. The summed E-state index contributed by atoms with van der Waals surface area (Å²) in [6.07, 6.45) is 0. The van der Waals surface area contributed by atoms with Gasteiger partial charge in [-0.25, -0.2) is 0 Å². The largest absolute Gasteiger partial charge is 0.456 e. The van der Waals surface area contributed by atoms with Gasteiger partial charge in [-0.2, -0.15) is 0 Å². The molecule has 0 aliphatic carbocycles. The topological polar surface area (TPSA) is 28.9 Å². The zero-order valence-electron chi connectivity index (χ0n) is 24.9. The van der Waals surface area contributed by atoms with E-state index >= 15 is 0 Å². The fourth-order valence-corrected chi connectivity index (χ4v) is 6.47. The first kappa shape index (κ1) is 26.2. The molecule has 2 heterocycles. The van der Waals surface area contributed by atoms with Crippen LogP contribution >= 0.6 is 0 Å². The number of ether oxygens (including phenoxy) is 1. The summed E-state index contributed by atoms with van der Waals surface area (Å²) in [5, 5.41) is 2.18. The SMILES string of the molecule is c1ccc(-c2ccc(N(c3ccc4c(c3)Oc3ccccc3N4c3ccccc3)c3ccc4oc5ccccc5c4c3)cc2)cc1. The fourth-order valence-electron chi connectivity index (χ4n) is 6.47. The number of fused-ring (bicyclic) bond motifs is 5. The van der Waals surface area contributed by atoms with Crippen LogP contribution in [0.25, 0.3) is 33.1 Å². The van der Waals surface area contributed by atoms with E-state index in [1.807, 2.05) is 42.5 Å². The minimum absolute atomic E-state index is 0.792. The Morgan fingerprint density at radius 1 is 0.413 bits per heavy atom. The second-order valence-electron chi connectivity index (χ2n) is 11.4. The molecule has 0 radical (unpaired) electrons. The Hall–Kier alpha value is -6.26. The number of furan rings is 1. The minimum Gasteiger partial charge on any atom is -0.456 e. The Morgan fingerprint density at radius 2 is 1.02 bits per heavy atom. The standard InChI is InChI=1S/C42H28N2O2/c1-3-11-29(12-4-1)30-19-21-32(22-20-30)43(33-24-26-40-36(27-33)35-15-7-9-17-39(35)45-40)34-23-25-38-42(28-34)46-41-18-10-8-16-37(41)44(38)31-13-5-2-6-14-31/h1-28H. The van der Waals surface area contributed by atoms with E-state index in [0.29, 0.717) is 0 Å². The van der Waals surface area contributed by atoms with Gasteiger partial charge in [0.05, 0.1) is 11.4 Å². The van der Waals surface area contributed by atoms with Crippen molar-refractivity contribution in [2.45, 2.75) is 0 Å². The van der Waals surface area contributed by atoms with Crippen LogP contribution in [0.3, 0.4) is 0 Å². The average Bonchev–Trinajstić information content (AvgIpc) is 3.50. The van der Waals surface area contributed by atoms with Gasteiger partial charge in [-0.3, -0.25) is 0 Å². The molecule has 4 nitrogen and oxygen atoms in total. The van der Waals surface area contributed by atoms with E-state index in [-0.39, 0.29) is 0 Å². The van der Waals surface area contributed by atoms with E-state index in [2.05, 4.69) is 137 Å². The molecule has 0 atom stereocenters. The van der Waals surface area contributed by atoms with Crippen molar-refractivity contribution in [1.29, 1.82) is 0 Å². The first-order chi connectivity index (χ1) is 22.8. The monoisotopic (exact) mass is 592 g/mol. The summed E-state index contributed by atoms with van der Waals surface area (Å²) >= 11 is 0. The molecule has 9 rings (SSSR count). The van der Waals surface area contributed by atoms with E-state index in [1.165, 1.54) is 11.1 Å². The number of rotatable bonds is 5. The molecule has 46 heavy (non-hydrogen) atoms. The van der Waals surface area contributed by atoms with Crippen LogP contribution in [0.2, 0.25) is 0 Å². The van der Waals surface area contributed by atoms with Gasteiger partial charge in [0.25, 0.3) is 0 Å². The molecule has 0 unspecified atom stereocenters. The van der Waals surface area contributed by atoms with Gasteiger partial charge in [0.1, 0.15) is 11.2 Å². The van der Waals surface area contributed by atoms with Gasteiger partial charge in [0.15, 0.2) is 11.5 Å². The molecular weight excluding hydrogens is 564 g/mol. The molecule has 8 aromatic rings. The number of para-hydroxylation sites is 4. The molecule has 0 saturated carbocycles. The van der Waals surface area contributed by atoms with Crippen molar-refractivity contribution in [3.8, 4) is 22.6 Å². The second kappa shape index (κ2) is 10.7. The van der Waals surface area contributed by atoms with E-state index in [0.717, 1.165) is 67.6 Å². The lowest BCUT2D eigenvalue weighted by molar-refractivity contribution is 0.477. The Morgan fingerprint density at radius 3 is 1.87 bits per heavy atom. The normalized spacial score (nSPS) is 12.0. The van der Waals surface area contributed by atoms with E-state index in [9.17, 15) is 0 Å². The molecule has 218 valence electrons. The van der Waals surface area contributed by atoms with E-state index in [1.54, 1.807) is 0 Å². The smallest absolute Gasteiger partial charge is 0.153 e. The van der Waals surface area contributed by atoms with Gasteiger partial charge in [-0.1, -0.05) is 91.0 Å². The maximum atomic E-state index is 6.60. The molecule has 4 heteroatoms. The summed E-state index contributed by atoms with van der Waals surface area (Å²) < 4.78 is 12.8.